The summed E-state index contributed by atoms with van der Waals surface area (Å²) < 4.78 is 6.84. The maximum atomic E-state index is 9.34. The van der Waals surface area contributed by atoms with Crippen molar-refractivity contribution < 1.29 is 9.84 Å². The summed E-state index contributed by atoms with van der Waals surface area (Å²) in [5.41, 5.74) is 3.37. The van der Waals surface area contributed by atoms with Crippen LogP contribution in [0.4, 0.5) is 0 Å². The van der Waals surface area contributed by atoms with Crippen LogP contribution in [0.15, 0.2) is 54.7 Å². The van der Waals surface area contributed by atoms with E-state index < -0.39 is 0 Å². The summed E-state index contributed by atoms with van der Waals surface area (Å²) in [6, 6.07) is 15.5. The van der Waals surface area contributed by atoms with E-state index >= 15 is 0 Å². The van der Waals surface area contributed by atoms with E-state index in [4.69, 9.17) is 4.74 Å². The van der Waals surface area contributed by atoms with Crippen molar-refractivity contribution in [3.05, 3.63) is 60.4 Å². The number of hydrogen-bond acceptors (Lipinski definition) is 4. The summed E-state index contributed by atoms with van der Waals surface area (Å²) in [5.74, 6) is 0.551. The molecule has 1 N–H and O–H groups in total. The standard InChI is InChI=1S/C16H15N3O2/c1-21-16-8-7-14(10-17-16)19-15(9-13(11-20)18-19)12-5-3-2-4-6-12/h2-10,20H,11H2,1H3. The maximum Gasteiger partial charge on any atom is 0.213 e. The fraction of sp³-hybridized carbons (Fsp3) is 0.125. The Morgan fingerprint density at radius 3 is 2.57 bits per heavy atom. The van der Waals surface area contributed by atoms with Gasteiger partial charge < -0.3 is 9.84 Å². The highest BCUT2D eigenvalue weighted by molar-refractivity contribution is 5.62. The number of benzene rings is 1. The fourth-order valence-electron chi connectivity index (χ4n) is 2.14. The largest absolute Gasteiger partial charge is 0.481 e. The summed E-state index contributed by atoms with van der Waals surface area (Å²) in [7, 11) is 1.58. The van der Waals surface area contributed by atoms with Crippen LogP contribution in [0.2, 0.25) is 0 Å². The third-order valence-corrected chi connectivity index (χ3v) is 3.17. The van der Waals surface area contributed by atoms with Crippen molar-refractivity contribution in [3.8, 4) is 22.8 Å². The molecule has 0 unspecified atom stereocenters. The molecule has 2 aromatic heterocycles. The third kappa shape index (κ3) is 2.64. The number of methoxy groups -OCH3 is 1. The first-order valence-electron chi connectivity index (χ1n) is 6.57. The van der Waals surface area contributed by atoms with Gasteiger partial charge in [0.05, 0.1) is 37.0 Å². The van der Waals surface area contributed by atoms with Gasteiger partial charge in [0.15, 0.2) is 0 Å². The van der Waals surface area contributed by atoms with Crippen molar-refractivity contribution >= 4 is 0 Å². The van der Waals surface area contributed by atoms with E-state index in [-0.39, 0.29) is 6.61 Å². The number of aromatic nitrogens is 3. The molecule has 0 aliphatic heterocycles. The second kappa shape index (κ2) is 5.76. The summed E-state index contributed by atoms with van der Waals surface area (Å²) >= 11 is 0. The number of ether oxygens (including phenoxy) is 1. The summed E-state index contributed by atoms with van der Waals surface area (Å²) in [5, 5.41) is 13.8. The average molecular weight is 281 g/mol. The van der Waals surface area contributed by atoms with Gasteiger partial charge in [-0.1, -0.05) is 30.3 Å². The van der Waals surface area contributed by atoms with Gasteiger partial charge in [-0.05, 0) is 12.1 Å². The van der Waals surface area contributed by atoms with Crippen molar-refractivity contribution in [2.24, 2.45) is 0 Å². The minimum Gasteiger partial charge on any atom is -0.481 e. The van der Waals surface area contributed by atoms with Gasteiger partial charge >= 0.3 is 0 Å². The van der Waals surface area contributed by atoms with E-state index in [2.05, 4.69) is 10.1 Å². The zero-order valence-corrected chi connectivity index (χ0v) is 11.6. The molecule has 5 nitrogen and oxygen atoms in total. The number of nitrogens with zero attached hydrogens (tertiary/aromatic N) is 3. The van der Waals surface area contributed by atoms with Gasteiger partial charge in [0, 0.05) is 11.6 Å². The second-order valence-corrected chi connectivity index (χ2v) is 4.52. The molecular weight excluding hydrogens is 266 g/mol. The van der Waals surface area contributed by atoms with Crippen LogP contribution < -0.4 is 4.74 Å². The Balaban J connectivity index is 2.10. The van der Waals surface area contributed by atoms with E-state index in [1.54, 1.807) is 24.1 Å². The van der Waals surface area contributed by atoms with Crippen LogP contribution in [0.25, 0.3) is 16.9 Å². The molecule has 2 heterocycles. The molecular formula is C16H15N3O2. The van der Waals surface area contributed by atoms with Crippen LogP contribution in [-0.2, 0) is 6.61 Å². The summed E-state index contributed by atoms with van der Waals surface area (Å²) in [4.78, 5) is 4.20. The Morgan fingerprint density at radius 1 is 1.14 bits per heavy atom. The van der Waals surface area contributed by atoms with Gasteiger partial charge in [-0.3, -0.25) is 0 Å². The molecule has 5 heteroatoms. The molecule has 0 spiro atoms. The third-order valence-electron chi connectivity index (χ3n) is 3.17. The van der Waals surface area contributed by atoms with Gasteiger partial charge in [0.2, 0.25) is 5.88 Å². The predicted molar refractivity (Wildman–Crippen MR) is 79.3 cm³/mol. The predicted octanol–water partition coefficient (Wildman–Crippen LogP) is 2.44. The zero-order chi connectivity index (χ0) is 14.7. The molecule has 0 amide bonds. The molecule has 0 aliphatic rings. The molecule has 0 aliphatic carbocycles. The number of aliphatic hydroxyl groups excluding tert-OH is 1. The Morgan fingerprint density at radius 2 is 1.95 bits per heavy atom. The molecule has 3 aromatic rings. The molecule has 3 rings (SSSR count). The van der Waals surface area contributed by atoms with Crippen LogP contribution in [-0.4, -0.2) is 27.0 Å². The molecule has 0 atom stereocenters. The minimum absolute atomic E-state index is 0.101. The first-order valence-corrected chi connectivity index (χ1v) is 6.57. The number of rotatable bonds is 4. The molecule has 0 fully saturated rings. The average Bonchev–Trinajstić information content (AvgIpc) is 3.00. The summed E-state index contributed by atoms with van der Waals surface area (Å²) in [6.45, 7) is -0.101. The van der Waals surface area contributed by atoms with E-state index in [1.807, 2.05) is 42.5 Å². The van der Waals surface area contributed by atoms with Crippen molar-refractivity contribution in [2.45, 2.75) is 6.61 Å². The molecule has 21 heavy (non-hydrogen) atoms. The number of hydrogen-bond donors (Lipinski definition) is 1. The van der Waals surface area contributed by atoms with E-state index in [1.165, 1.54) is 0 Å². The lowest BCUT2D eigenvalue weighted by Crippen LogP contribution is -2.01. The SMILES string of the molecule is COc1ccc(-n2nc(CO)cc2-c2ccccc2)cn1. The molecule has 0 radical (unpaired) electrons. The fourth-order valence-corrected chi connectivity index (χ4v) is 2.14. The van der Waals surface area contributed by atoms with Crippen molar-refractivity contribution in [2.75, 3.05) is 7.11 Å². The van der Waals surface area contributed by atoms with Gasteiger partial charge in [-0.2, -0.15) is 5.10 Å². The van der Waals surface area contributed by atoms with Crippen LogP contribution in [0.3, 0.4) is 0 Å². The van der Waals surface area contributed by atoms with Crippen molar-refractivity contribution in [3.63, 3.8) is 0 Å². The highest BCUT2D eigenvalue weighted by atomic mass is 16.5. The molecule has 0 saturated carbocycles. The molecule has 0 saturated heterocycles. The van der Waals surface area contributed by atoms with E-state index in [0.29, 0.717) is 11.6 Å². The monoisotopic (exact) mass is 281 g/mol. The Bertz CT molecular complexity index is 721. The second-order valence-electron chi connectivity index (χ2n) is 4.52. The lowest BCUT2D eigenvalue weighted by molar-refractivity contribution is 0.276. The Labute approximate surface area is 122 Å². The highest BCUT2D eigenvalue weighted by Crippen LogP contribution is 2.24. The van der Waals surface area contributed by atoms with Crippen molar-refractivity contribution in [1.82, 2.24) is 14.8 Å². The van der Waals surface area contributed by atoms with Gasteiger partial charge in [0.25, 0.3) is 0 Å². The molecule has 106 valence electrons. The quantitative estimate of drug-likeness (QED) is 0.798. The van der Waals surface area contributed by atoms with Gasteiger partial charge in [-0.15, -0.1) is 0 Å². The lowest BCUT2D eigenvalue weighted by atomic mass is 10.1. The normalized spacial score (nSPS) is 10.6. The minimum atomic E-state index is -0.101. The first kappa shape index (κ1) is 13.3. The van der Waals surface area contributed by atoms with Crippen LogP contribution in [0, 0.1) is 0 Å². The van der Waals surface area contributed by atoms with Crippen molar-refractivity contribution in [1.29, 1.82) is 0 Å². The van der Waals surface area contributed by atoms with E-state index in [9.17, 15) is 5.11 Å². The van der Waals surface area contributed by atoms with Crippen LogP contribution in [0.1, 0.15) is 5.69 Å². The zero-order valence-electron chi connectivity index (χ0n) is 11.6. The maximum absolute atomic E-state index is 9.34. The van der Waals surface area contributed by atoms with E-state index in [0.717, 1.165) is 16.9 Å². The highest BCUT2D eigenvalue weighted by Gasteiger charge is 2.11. The number of aliphatic hydroxyl groups is 1. The molecule has 1 aromatic carbocycles. The first-order chi connectivity index (χ1) is 10.3. The Kier molecular flexibility index (Phi) is 3.66. The van der Waals surface area contributed by atoms with Crippen LogP contribution in [0.5, 0.6) is 5.88 Å². The topological polar surface area (TPSA) is 60.2 Å². The smallest absolute Gasteiger partial charge is 0.213 e. The van der Waals surface area contributed by atoms with Crippen LogP contribution >= 0.6 is 0 Å². The Hall–Kier alpha value is -2.66. The van der Waals surface area contributed by atoms with Gasteiger partial charge in [-0.25, -0.2) is 9.67 Å². The van der Waals surface area contributed by atoms with Gasteiger partial charge in [0.1, 0.15) is 0 Å². The lowest BCUT2D eigenvalue weighted by Gasteiger charge is -2.07. The summed E-state index contributed by atoms with van der Waals surface area (Å²) in [6.07, 6.45) is 1.69. The molecule has 0 bridgehead atoms. The number of pyridine rings is 1.